The van der Waals surface area contributed by atoms with E-state index in [1.807, 2.05) is 59.1 Å². The Bertz CT molecular complexity index is 570. The molecule has 4 rings (SSSR count). The van der Waals surface area contributed by atoms with Gasteiger partial charge in [-0.3, -0.25) is 4.98 Å². The van der Waals surface area contributed by atoms with Crippen molar-refractivity contribution in [2.24, 2.45) is 0 Å². The minimum Gasteiger partial charge on any atom is -0.474 e. The molecule has 2 heterocycles. The van der Waals surface area contributed by atoms with E-state index in [4.69, 9.17) is 4.74 Å². The maximum absolute atomic E-state index is 5.47. The highest BCUT2D eigenvalue weighted by Gasteiger charge is 2.24. The van der Waals surface area contributed by atoms with Crippen LogP contribution in [0.2, 0.25) is 0 Å². The number of aromatic nitrogens is 2. The summed E-state index contributed by atoms with van der Waals surface area (Å²) in [5.41, 5.74) is 3.71. The van der Waals surface area contributed by atoms with Crippen molar-refractivity contribution < 1.29 is 4.74 Å². The number of ether oxygens (including phenoxy) is 1. The molecule has 0 atom stereocenters. The highest BCUT2D eigenvalue weighted by Crippen LogP contribution is 2.38. The molecular formula is C22H34N2O. The lowest BCUT2D eigenvalue weighted by molar-refractivity contribution is 0.291. The second-order valence-corrected chi connectivity index (χ2v) is 6.03. The van der Waals surface area contributed by atoms with E-state index in [0.717, 1.165) is 11.8 Å². The smallest absolute Gasteiger partial charge is 0.213 e. The molecule has 0 unspecified atom stereocenters. The van der Waals surface area contributed by atoms with Gasteiger partial charge >= 0.3 is 0 Å². The van der Waals surface area contributed by atoms with Crippen molar-refractivity contribution >= 4 is 0 Å². The molecule has 2 fully saturated rings. The van der Waals surface area contributed by atoms with Crippen LogP contribution in [0.4, 0.5) is 0 Å². The van der Waals surface area contributed by atoms with E-state index in [-0.39, 0.29) is 0 Å². The second-order valence-electron chi connectivity index (χ2n) is 6.03. The largest absolute Gasteiger partial charge is 0.474 e. The van der Waals surface area contributed by atoms with Crippen molar-refractivity contribution in [2.45, 2.75) is 79.2 Å². The van der Waals surface area contributed by atoms with Crippen molar-refractivity contribution in [3.63, 3.8) is 0 Å². The monoisotopic (exact) mass is 342 g/mol. The van der Waals surface area contributed by atoms with Gasteiger partial charge in [0.1, 0.15) is 6.10 Å². The molecule has 0 aliphatic heterocycles. The zero-order valence-corrected chi connectivity index (χ0v) is 16.7. The van der Waals surface area contributed by atoms with Gasteiger partial charge in [0.15, 0.2) is 0 Å². The molecule has 0 spiro atoms. The predicted octanol–water partition coefficient (Wildman–Crippen LogP) is 6.25. The van der Waals surface area contributed by atoms with Crippen LogP contribution in [0.5, 0.6) is 5.88 Å². The fourth-order valence-corrected chi connectivity index (χ4v) is 1.98. The second kappa shape index (κ2) is 11.6. The van der Waals surface area contributed by atoms with Crippen molar-refractivity contribution in [1.29, 1.82) is 0 Å². The third-order valence-corrected chi connectivity index (χ3v) is 3.63. The standard InChI is InChI=1S/C9H11NO.C9H11N.2C2H6/c1-7-2-5-9(10-6-7)11-8-3-4-8;1-7-2-5-9(10-6-7)8-3-4-8;2*1-2/h2,5-6,8H,3-4H2,1H3;2,5-6,8H,3-4H2,1H3;2*1-2H3. The number of nitrogens with zero attached hydrogens (tertiary/aromatic N) is 2. The summed E-state index contributed by atoms with van der Waals surface area (Å²) in [6.07, 6.45) is 9.30. The van der Waals surface area contributed by atoms with Crippen LogP contribution in [0.3, 0.4) is 0 Å². The number of rotatable bonds is 3. The van der Waals surface area contributed by atoms with E-state index >= 15 is 0 Å². The first-order valence-corrected chi connectivity index (χ1v) is 9.72. The molecule has 2 saturated carbocycles. The summed E-state index contributed by atoms with van der Waals surface area (Å²) in [6.45, 7) is 12.1. The first kappa shape index (κ1) is 21.1. The van der Waals surface area contributed by atoms with Gasteiger partial charge in [-0.1, -0.05) is 39.8 Å². The fraction of sp³-hybridized carbons (Fsp3) is 0.545. The Balaban J connectivity index is 0.000000210. The van der Waals surface area contributed by atoms with E-state index in [0.29, 0.717) is 6.10 Å². The summed E-state index contributed by atoms with van der Waals surface area (Å²) in [5, 5.41) is 0. The molecule has 0 saturated heterocycles. The third kappa shape index (κ3) is 8.67. The Hall–Kier alpha value is -1.90. The van der Waals surface area contributed by atoms with Crippen LogP contribution >= 0.6 is 0 Å². The maximum atomic E-state index is 5.47. The molecule has 2 aromatic rings. The minimum atomic E-state index is 0.449. The normalized spacial score (nSPS) is 14.6. The van der Waals surface area contributed by atoms with Crippen LogP contribution in [0.25, 0.3) is 0 Å². The molecule has 138 valence electrons. The van der Waals surface area contributed by atoms with E-state index < -0.39 is 0 Å². The van der Waals surface area contributed by atoms with Gasteiger partial charge in [-0.25, -0.2) is 4.98 Å². The quantitative estimate of drug-likeness (QED) is 0.661. The van der Waals surface area contributed by atoms with Gasteiger partial charge in [0, 0.05) is 30.1 Å². The van der Waals surface area contributed by atoms with Crippen LogP contribution in [-0.2, 0) is 0 Å². The van der Waals surface area contributed by atoms with Crippen LogP contribution in [0.1, 0.15) is 76.1 Å². The lowest BCUT2D eigenvalue weighted by atomic mass is 10.2. The highest BCUT2D eigenvalue weighted by atomic mass is 16.5. The maximum Gasteiger partial charge on any atom is 0.213 e. The summed E-state index contributed by atoms with van der Waals surface area (Å²) in [7, 11) is 0. The predicted molar refractivity (Wildman–Crippen MR) is 106 cm³/mol. The molecule has 25 heavy (non-hydrogen) atoms. The number of aryl methyl sites for hydroxylation is 2. The van der Waals surface area contributed by atoms with Crippen LogP contribution in [-0.4, -0.2) is 16.1 Å². The minimum absolute atomic E-state index is 0.449. The van der Waals surface area contributed by atoms with Crippen molar-refractivity contribution in [1.82, 2.24) is 9.97 Å². The SMILES string of the molecule is CC.CC.Cc1ccc(C2CC2)nc1.Cc1ccc(OC2CC2)nc1. The van der Waals surface area contributed by atoms with Gasteiger partial charge in [0.25, 0.3) is 0 Å². The number of pyridine rings is 2. The van der Waals surface area contributed by atoms with Gasteiger partial charge in [-0.15, -0.1) is 0 Å². The summed E-state index contributed by atoms with van der Waals surface area (Å²) >= 11 is 0. The fourth-order valence-electron chi connectivity index (χ4n) is 1.98. The van der Waals surface area contributed by atoms with E-state index in [1.165, 1.54) is 42.5 Å². The highest BCUT2D eigenvalue weighted by molar-refractivity contribution is 5.18. The van der Waals surface area contributed by atoms with Gasteiger partial charge < -0.3 is 4.74 Å². The summed E-state index contributed by atoms with van der Waals surface area (Å²) in [4.78, 5) is 8.48. The lowest BCUT2D eigenvalue weighted by Crippen LogP contribution is -1.97. The van der Waals surface area contributed by atoms with Gasteiger partial charge in [0.2, 0.25) is 5.88 Å². The zero-order valence-electron chi connectivity index (χ0n) is 16.7. The molecule has 3 nitrogen and oxygen atoms in total. The Labute approximate surface area is 153 Å². The van der Waals surface area contributed by atoms with Crippen LogP contribution in [0.15, 0.2) is 36.7 Å². The van der Waals surface area contributed by atoms with E-state index in [1.54, 1.807) is 0 Å². The Kier molecular flexibility index (Phi) is 9.83. The van der Waals surface area contributed by atoms with Gasteiger partial charge in [-0.05, 0) is 56.7 Å². The number of hydrogen-bond acceptors (Lipinski definition) is 3. The average Bonchev–Trinajstić information content (AvgIpc) is 3.56. The molecule has 0 N–H and O–H groups in total. The zero-order chi connectivity index (χ0) is 18.7. The van der Waals surface area contributed by atoms with Gasteiger partial charge in [-0.2, -0.15) is 0 Å². The molecule has 2 aliphatic carbocycles. The van der Waals surface area contributed by atoms with Gasteiger partial charge in [0.05, 0.1) is 0 Å². The Morgan fingerprint density at radius 1 is 0.760 bits per heavy atom. The van der Waals surface area contributed by atoms with E-state index in [2.05, 4.69) is 29.0 Å². The van der Waals surface area contributed by atoms with Crippen LogP contribution < -0.4 is 4.74 Å². The molecule has 2 aromatic heterocycles. The Morgan fingerprint density at radius 3 is 1.72 bits per heavy atom. The van der Waals surface area contributed by atoms with E-state index in [9.17, 15) is 0 Å². The number of hydrogen-bond donors (Lipinski definition) is 0. The van der Waals surface area contributed by atoms with Crippen molar-refractivity contribution in [3.8, 4) is 5.88 Å². The summed E-state index contributed by atoms with van der Waals surface area (Å²) in [6, 6.07) is 8.23. The summed E-state index contributed by atoms with van der Waals surface area (Å²) in [5.74, 6) is 1.55. The molecular weight excluding hydrogens is 308 g/mol. The first-order valence-electron chi connectivity index (χ1n) is 9.72. The first-order chi connectivity index (χ1) is 12.2. The van der Waals surface area contributed by atoms with Crippen molar-refractivity contribution in [3.05, 3.63) is 53.5 Å². The topological polar surface area (TPSA) is 35.0 Å². The third-order valence-electron chi connectivity index (χ3n) is 3.63. The van der Waals surface area contributed by atoms with Crippen LogP contribution in [0, 0.1) is 13.8 Å². The molecule has 0 radical (unpaired) electrons. The Morgan fingerprint density at radius 2 is 1.32 bits per heavy atom. The average molecular weight is 343 g/mol. The molecule has 3 heteroatoms. The summed E-state index contributed by atoms with van der Waals surface area (Å²) < 4.78 is 5.47. The molecule has 0 aromatic carbocycles. The molecule has 2 aliphatic rings. The lowest BCUT2D eigenvalue weighted by Gasteiger charge is -2.01. The molecule has 0 amide bonds. The molecule has 0 bridgehead atoms. The van der Waals surface area contributed by atoms with Crippen molar-refractivity contribution in [2.75, 3.05) is 0 Å².